The predicted molar refractivity (Wildman–Crippen MR) is 81.4 cm³/mol. The fourth-order valence-electron chi connectivity index (χ4n) is 1.79. The molecule has 3 rings (SSSR count). The number of rotatable bonds is 2. The van der Waals surface area contributed by atoms with Gasteiger partial charge in [0.1, 0.15) is 11.5 Å². The molecule has 20 heavy (non-hydrogen) atoms. The Morgan fingerprint density at radius 3 is 2.75 bits per heavy atom. The Kier molecular flexibility index (Phi) is 3.38. The molecule has 0 fully saturated rings. The Morgan fingerprint density at radius 1 is 1.25 bits per heavy atom. The molecule has 0 saturated heterocycles. The maximum absolute atomic E-state index is 11.5. The average molecular weight is 305 g/mol. The molecule has 0 aliphatic carbocycles. The first-order valence-corrected chi connectivity index (χ1v) is 6.96. The van der Waals surface area contributed by atoms with Gasteiger partial charge in [0.2, 0.25) is 0 Å². The quantitative estimate of drug-likeness (QED) is 0.862. The fraction of sp³-hybridized carbons (Fsp3) is 0. The van der Waals surface area contributed by atoms with Crippen LogP contribution in [0.2, 0.25) is 5.02 Å². The molecule has 4 nitrogen and oxygen atoms in total. The molecule has 1 aromatic carbocycles. The largest absolute Gasteiger partial charge is 0.457 e. The summed E-state index contributed by atoms with van der Waals surface area (Å²) >= 11 is 7.24. The van der Waals surface area contributed by atoms with Crippen LogP contribution in [-0.2, 0) is 4.79 Å². The summed E-state index contributed by atoms with van der Waals surface area (Å²) in [6.45, 7) is 0. The zero-order chi connectivity index (χ0) is 14.1. The average Bonchev–Trinajstić information content (AvgIpc) is 2.98. The molecule has 6 heteroatoms. The smallest absolute Gasteiger partial charge is 0.286 e. The predicted octanol–water partition coefficient (Wildman–Crippen LogP) is 3.53. The van der Waals surface area contributed by atoms with Crippen LogP contribution in [0.4, 0.5) is 0 Å². The van der Waals surface area contributed by atoms with E-state index in [2.05, 4.69) is 4.99 Å². The van der Waals surface area contributed by atoms with E-state index >= 15 is 0 Å². The monoisotopic (exact) mass is 304 g/mol. The second-order valence-corrected chi connectivity index (χ2v) is 5.52. The van der Waals surface area contributed by atoms with E-state index in [0.717, 1.165) is 17.3 Å². The van der Waals surface area contributed by atoms with Crippen molar-refractivity contribution < 1.29 is 9.21 Å². The molecule has 100 valence electrons. The zero-order valence-corrected chi connectivity index (χ0v) is 11.7. The highest BCUT2D eigenvalue weighted by atomic mass is 35.5. The molecule has 2 heterocycles. The van der Waals surface area contributed by atoms with Crippen LogP contribution < -0.4 is 5.73 Å². The summed E-state index contributed by atoms with van der Waals surface area (Å²) < 4.78 is 5.68. The van der Waals surface area contributed by atoms with Gasteiger partial charge in [-0.3, -0.25) is 4.79 Å². The Bertz CT molecular complexity index is 749. The number of benzene rings is 1. The minimum Gasteiger partial charge on any atom is -0.457 e. The summed E-state index contributed by atoms with van der Waals surface area (Å²) in [6.07, 6.45) is 1.62. The summed E-state index contributed by atoms with van der Waals surface area (Å²) in [5.74, 6) is 0.857. The first-order chi connectivity index (χ1) is 9.63. The van der Waals surface area contributed by atoms with Gasteiger partial charge >= 0.3 is 0 Å². The van der Waals surface area contributed by atoms with Crippen molar-refractivity contribution in [3.05, 3.63) is 52.1 Å². The minimum atomic E-state index is -0.344. The third-order valence-corrected chi connectivity index (χ3v) is 3.82. The van der Waals surface area contributed by atoms with Crippen molar-refractivity contribution in [1.82, 2.24) is 0 Å². The standard InChI is InChI=1S/C14H9ClN2O2S/c15-10-4-2-1-3-9(10)11-6-5-8(19-11)7-12-13(18)17-14(16)20-12/h1-7H,(H2,16,17,18). The number of hydrogen-bond acceptors (Lipinski definition) is 4. The summed E-state index contributed by atoms with van der Waals surface area (Å²) in [4.78, 5) is 15.6. The highest BCUT2D eigenvalue weighted by Gasteiger charge is 2.20. The number of amidine groups is 1. The summed E-state index contributed by atoms with van der Waals surface area (Å²) in [7, 11) is 0. The van der Waals surface area contributed by atoms with Crippen molar-refractivity contribution in [2.75, 3.05) is 0 Å². The van der Waals surface area contributed by atoms with Gasteiger partial charge in [0.25, 0.3) is 5.91 Å². The molecule has 0 spiro atoms. The van der Waals surface area contributed by atoms with Crippen molar-refractivity contribution in [2.45, 2.75) is 0 Å². The van der Waals surface area contributed by atoms with E-state index in [1.54, 1.807) is 18.2 Å². The number of aliphatic imine (C=N–C) groups is 1. The molecule has 1 aliphatic rings. The SMILES string of the molecule is NC1=NC(=O)C(=Cc2ccc(-c3ccccc3Cl)o2)S1. The number of halogens is 1. The lowest BCUT2D eigenvalue weighted by molar-refractivity contribution is -0.113. The first kappa shape index (κ1) is 13.0. The van der Waals surface area contributed by atoms with E-state index in [-0.39, 0.29) is 11.1 Å². The van der Waals surface area contributed by atoms with Gasteiger partial charge in [0.15, 0.2) is 5.17 Å². The third-order valence-electron chi connectivity index (χ3n) is 2.68. The van der Waals surface area contributed by atoms with Crippen molar-refractivity contribution in [3.8, 4) is 11.3 Å². The molecule has 1 aliphatic heterocycles. The number of carbonyl (C=O) groups excluding carboxylic acids is 1. The fourth-order valence-corrected chi connectivity index (χ4v) is 2.68. The summed E-state index contributed by atoms with van der Waals surface area (Å²) in [6, 6.07) is 11.0. The van der Waals surface area contributed by atoms with Crippen molar-refractivity contribution in [3.63, 3.8) is 0 Å². The molecule has 0 unspecified atom stereocenters. The Labute approximate surface area is 124 Å². The number of carbonyl (C=O) groups is 1. The Balaban J connectivity index is 1.91. The molecule has 2 N–H and O–H groups in total. The van der Waals surface area contributed by atoms with Gasteiger partial charge in [-0.15, -0.1) is 0 Å². The number of hydrogen-bond donors (Lipinski definition) is 1. The number of nitrogens with zero attached hydrogens (tertiary/aromatic N) is 1. The highest BCUT2D eigenvalue weighted by Crippen LogP contribution is 2.31. The first-order valence-electron chi connectivity index (χ1n) is 5.76. The maximum atomic E-state index is 11.5. The molecule has 0 atom stereocenters. The van der Waals surface area contributed by atoms with E-state index in [1.807, 2.05) is 24.3 Å². The van der Waals surface area contributed by atoms with Crippen LogP contribution in [0.1, 0.15) is 5.76 Å². The number of furan rings is 1. The molecule has 1 amide bonds. The lowest BCUT2D eigenvalue weighted by Crippen LogP contribution is -2.01. The molecule has 2 aromatic rings. The van der Waals surface area contributed by atoms with Crippen molar-refractivity contribution in [2.24, 2.45) is 10.7 Å². The molecule has 0 bridgehead atoms. The number of nitrogens with two attached hydrogens (primary N) is 1. The van der Waals surface area contributed by atoms with Gasteiger partial charge < -0.3 is 10.2 Å². The van der Waals surface area contributed by atoms with Crippen LogP contribution in [0, 0.1) is 0 Å². The van der Waals surface area contributed by atoms with Crippen molar-refractivity contribution >= 4 is 40.5 Å². The molecular weight excluding hydrogens is 296 g/mol. The topological polar surface area (TPSA) is 68.6 Å². The second-order valence-electron chi connectivity index (χ2n) is 4.05. The second kappa shape index (κ2) is 5.19. The van der Waals surface area contributed by atoms with Crippen molar-refractivity contribution in [1.29, 1.82) is 0 Å². The van der Waals surface area contributed by atoms with Crippen LogP contribution in [0.3, 0.4) is 0 Å². The Hall–Kier alpha value is -1.98. The van der Waals surface area contributed by atoms with Crippen LogP contribution in [0.5, 0.6) is 0 Å². The minimum absolute atomic E-state index is 0.249. The van der Waals surface area contributed by atoms with E-state index in [0.29, 0.717) is 21.4 Å². The van der Waals surface area contributed by atoms with Crippen LogP contribution >= 0.6 is 23.4 Å². The molecule has 0 radical (unpaired) electrons. The summed E-state index contributed by atoms with van der Waals surface area (Å²) in [5.41, 5.74) is 6.29. The third kappa shape index (κ3) is 2.50. The van der Waals surface area contributed by atoms with E-state index in [9.17, 15) is 4.79 Å². The summed E-state index contributed by atoms with van der Waals surface area (Å²) in [5, 5.41) is 0.860. The lowest BCUT2D eigenvalue weighted by atomic mass is 10.2. The van der Waals surface area contributed by atoms with E-state index in [1.165, 1.54) is 0 Å². The maximum Gasteiger partial charge on any atom is 0.286 e. The van der Waals surface area contributed by atoms with Gasteiger partial charge in [-0.1, -0.05) is 23.7 Å². The van der Waals surface area contributed by atoms with Gasteiger partial charge in [0, 0.05) is 11.6 Å². The van der Waals surface area contributed by atoms with Crippen LogP contribution in [0.25, 0.3) is 17.4 Å². The highest BCUT2D eigenvalue weighted by molar-refractivity contribution is 8.18. The normalized spacial score (nSPS) is 16.8. The van der Waals surface area contributed by atoms with E-state index in [4.69, 9.17) is 21.8 Å². The number of thioether (sulfide) groups is 1. The zero-order valence-electron chi connectivity index (χ0n) is 10.2. The lowest BCUT2D eigenvalue weighted by Gasteiger charge is -1.99. The van der Waals surface area contributed by atoms with Crippen LogP contribution in [-0.4, -0.2) is 11.1 Å². The van der Waals surface area contributed by atoms with Gasteiger partial charge in [0.05, 0.1) is 9.93 Å². The van der Waals surface area contributed by atoms with Gasteiger partial charge in [-0.25, -0.2) is 0 Å². The van der Waals surface area contributed by atoms with E-state index < -0.39 is 0 Å². The molecule has 1 aromatic heterocycles. The molecular formula is C14H9ClN2O2S. The van der Waals surface area contributed by atoms with Gasteiger partial charge in [-0.2, -0.15) is 4.99 Å². The van der Waals surface area contributed by atoms with Gasteiger partial charge in [-0.05, 0) is 36.0 Å². The van der Waals surface area contributed by atoms with Crippen LogP contribution in [0.15, 0.2) is 50.7 Å². The Morgan fingerprint density at radius 2 is 2.05 bits per heavy atom. The molecule has 0 saturated carbocycles. The number of amides is 1.